The third-order valence-corrected chi connectivity index (χ3v) is 17.8. The minimum atomic E-state index is -0.630. The monoisotopic (exact) mass is 1460 g/mol. The first-order valence-corrected chi connectivity index (χ1v) is 34.8. The van der Waals surface area contributed by atoms with Gasteiger partial charge < -0.3 is 73.9 Å². The Morgan fingerprint density at radius 1 is 0.711 bits per heavy atom. The first-order chi connectivity index (χ1) is 46.5. The van der Waals surface area contributed by atoms with E-state index in [4.69, 9.17) is 108 Å². The van der Waals surface area contributed by atoms with E-state index in [1.165, 1.54) is 12.1 Å². The number of hydrogen-bond acceptors (Lipinski definition) is 18. The molecule has 3 atom stereocenters. The number of hydrogen-bond donors (Lipinski definition) is 3. The Morgan fingerprint density at radius 3 is 1.66 bits per heavy atom. The molecule has 7 aliphatic rings. The normalized spacial score (nSPS) is 19.6. The molecule has 528 valence electrons. The number of urea groups is 1. The number of anilines is 4. The summed E-state index contributed by atoms with van der Waals surface area (Å²) < 4.78 is 36.6. The summed E-state index contributed by atoms with van der Waals surface area (Å²) in [7, 11) is -0.250. The number of aromatic nitrogens is 4. The number of nitrogens with zero attached hydrogens (tertiary/aromatic N) is 10. The third kappa shape index (κ3) is 27.1. The second-order valence-electron chi connectivity index (χ2n) is 24.1. The standard InChI is InChI=1S/C27H36N4O3.C11H13ClN2O.C9H10Cl2N2O.C8H15BO2.C5H2Cl3N.C4H6N2O2.C4H9NO/c1-3-19-6-7-31(16-19)27(33)28-22-5-4-18(2)23(15-22)20-13-25(24-12-21(24)17-32)29-26(14-20)30-8-10-34-11-9-30;1-2-10-7-9(12)8-11(13-10)14-3-5-15-6-4-14;10-7-5-8(11)12-9(6-7)13-1-3-14-4-2-13;1-6-9-10-7(2,3)8(4,5)11-9;6-3-1-4(7)9-5(8)2-3;1-2-8-4(7)3-6-5;1-3-6-4-2-5-1/h4-5,13-15,19,21,24,32H,3,6-12,16-17H2,1-2H3,(H,28,33);2,7-8H,1,3-6H2;5-6H,1-4H2;6H,1H2,2-5H3;1-2H;3H,2H2,1H3;5H,1-4H2/t19-,21?,24?;;;;;;/m1....../s1. The van der Waals surface area contributed by atoms with Crippen molar-refractivity contribution in [2.24, 2.45) is 11.8 Å². The number of amides is 2. The Balaban J connectivity index is 0.000000197. The maximum Gasteiger partial charge on any atom is 0.486 e. The molecule has 2 unspecified atom stereocenters. The highest BCUT2D eigenvalue weighted by Crippen LogP contribution is 2.48. The number of carbonyl (C=O) groups excluding carboxylic acids is 2. The lowest BCUT2D eigenvalue weighted by atomic mass is 9.90. The fourth-order valence-corrected chi connectivity index (χ4v) is 11.8. The van der Waals surface area contributed by atoms with E-state index in [0.29, 0.717) is 74.3 Å². The summed E-state index contributed by atoms with van der Waals surface area (Å²) in [5, 5.41) is 18.8. The van der Waals surface area contributed by atoms with Crippen LogP contribution >= 0.6 is 69.6 Å². The van der Waals surface area contributed by atoms with E-state index >= 15 is 0 Å². The smallest absolute Gasteiger partial charge is 0.458 e. The topological polar surface area (TPSA) is 244 Å². The van der Waals surface area contributed by atoms with Crippen molar-refractivity contribution in [3.63, 3.8) is 0 Å². The lowest BCUT2D eigenvalue weighted by Crippen LogP contribution is -2.41. The van der Waals surface area contributed by atoms with Crippen molar-refractivity contribution in [2.75, 3.05) is 152 Å². The Hall–Kier alpha value is -5.70. The molecule has 0 radical (unpaired) electrons. The number of aliphatic hydroxyl groups is 1. The summed E-state index contributed by atoms with van der Waals surface area (Å²) in [6.45, 7) is 36.8. The SMILES string of the molecule is C1COCCN1.C=CB1OC(C)(C)C(C)(C)O1.C=Cc1cc(Cl)cc(N2CCOCC2)n1.CCOC(=O)C=[N+]=[N-].CC[C@@H]1CCN(C(=O)Nc2ccc(C)c(-c3cc(C4CC4CO)nc(N4CCOCC4)c3)c2)C1.Clc1cc(Cl)nc(Cl)c1.Clc1cc(Cl)nc(N2CCOCC2)c1. The van der Waals surface area contributed by atoms with Crippen molar-refractivity contribution < 1.29 is 52.5 Å². The number of aliphatic hydroxyl groups excluding tert-OH is 1. The third-order valence-electron chi connectivity index (χ3n) is 16.6. The van der Waals surface area contributed by atoms with Gasteiger partial charge in [0.2, 0.25) is 0 Å². The molecule has 0 bridgehead atoms. The molecule has 22 nitrogen and oxygen atoms in total. The molecule has 12 rings (SSSR count). The molecular weight excluding hydrogens is 1370 g/mol. The predicted molar refractivity (Wildman–Crippen MR) is 390 cm³/mol. The van der Waals surface area contributed by atoms with Crippen molar-refractivity contribution in [1.82, 2.24) is 30.2 Å². The van der Waals surface area contributed by atoms with Gasteiger partial charge in [-0.15, -0.1) is 6.58 Å². The van der Waals surface area contributed by atoms with E-state index in [0.717, 1.165) is 176 Å². The van der Waals surface area contributed by atoms with Crippen LogP contribution in [0.25, 0.3) is 22.7 Å². The van der Waals surface area contributed by atoms with Gasteiger partial charge in [-0.3, -0.25) is 0 Å². The van der Waals surface area contributed by atoms with Crippen LogP contribution in [0, 0.1) is 18.8 Å². The van der Waals surface area contributed by atoms with Crippen molar-refractivity contribution in [3.05, 3.63) is 139 Å². The van der Waals surface area contributed by atoms with Crippen LogP contribution in [-0.2, 0) is 37.8 Å². The second kappa shape index (κ2) is 41.1. The molecule has 6 saturated heterocycles. The Bertz CT molecular complexity index is 3280. The fraction of sp³-hybridized carbons (Fsp3) is 0.515. The molecule has 1 aliphatic carbocycles. The van der Waals surface area contributed by atoms with E-state index in [1.54, 1.807) is 31.1 Å². The van der Waals surface area contributed by atoms with Gasteiger partial charge in [-0.05, 0) is 150 Å². The molecule has 5 aromatic rings. The minimum absolute atomic E-state index is 0.0149. The number of benzene rings is 1. The van der Waals surface area contributed by atoms with Crippen LogP contribution < -0.4 is 25.3 Å². The number of morpholine rings is 4. The van der Waals surface area contributed by atoms with Crippen molar-refractivity contribution in [1.29, 1.82) is 0 Å². The number of rotatable bonds is 12. The molecule has 2 amide bonds. The molecule has 10 heterocycles. The van der Waals surface area contributed by atoms with Crippen molar-refractivity contribution in [2.45, 2.75) is 84.8 Å². The molecule has 4 aromatic heterocycles. The van der Waals surface area contributed by atoms with Gasteiger partial charge in [0.25, 0.3) is 0 Å². The number of carbonyl (C=O) groups is 2. The van der Waals surface area contributed by atoms with Crippen LogP contribution in [-0.4, -0.2) is 203 Å². The lowest BCUT2D eigenvalue weighted by Gasteiger charge is -2.32. The first kappa shape index (κ1) is 80.3. The molecular formula is C68H91BCl6N12O10. The predicted octanol–water partition coefficient (Wildman–Crippen LogP) is 13.0. The maximum absolute atomic E-state index is 12.9. The Kier molecular flexibility index (Phi) is 34.1. The maximum atomic E-state index is 12.9. The summed E-state index contributed by atoms with van der Waals surface area (Å²) in [6, 6.07) is 20.6. The van der Waals surface area contributed by atoms with Gasteiger partial charge in [0, 0.05) is 104 Å². The van der Waals surface area contributed by atoms with E-state index in [1.807, 2.05) is 50.8 Å². The number of aryl methyl sites for hydroxylation is 1. The van der Waals surface area contributed by atoms with Gasteiger partial charge in [0.1, 0.15) is 32.9 Å². The van der Waals surface area contributed by atoms with E-state index in [9.17, 15) is 14.7 Å². The average molecular weight is 1460 g/mol. The number of esters is 1. The lowest BCUT2D eigenvalue weighted by molar-refractivity contribution is -0.138. The number of halogens is 6. The summed E-state index contributed by atoms with van der Waals surface area (Å²) in [5.41, 5.74) is 13.3. The zero-order valence-corrected chi connectivity index (χ0v) is 61.0. The fourth-order valence-electron chi connectivity index (χ4n) is 10.3. The quantitative estimate of drug-likeness (QED) is 0.0262. The van der Waals surface area contributed by atoms with Crippen LogP contribution in [0.1, 0.15) is 83.7 Å². The minimum Gasteiger partial charge on any atom is -0.458 e. The van der Waals surface area contributed by atoms with Crippen LogP contribution in [0.3, 0.4) is 0 Å². The van der Waals surface area contributed by atoms with Crippen LogP contribution in [0.5, 0.6) is 0 Å². The zero-order valence-electron chi connectivity index (χ0n) is 56.4. The summed E-state index contributed by atoms with van der Waals surface area (Å²) in [6.07, 6.45) is 5.59. The molecule has 7 fully saturated rings. The van der Waals surface area contributed by atoms with Gasteiger partial charge in [-0.2, -0.15) is 4.79 Å². The first-order valence-electron chi connectivity index (χ1n) is 32.5. The molecule has 29 heteroatoms. The summed E-state index contributed by atoms with van der Waals surface area (Å²) in [4.78, 5) is 51.2. The number of pyridine rings is 4. The Labute approximate surface area is 601 Å². The highest BCUT2D eigenvalue weighted by Gasteiger charge is 2.50. The van der Waals surface area contributed by atoms with Crippen molar-refractivity contribution >= 4 is 124 Å². The van der Waals surface area contributed by atoms with Crippen molar-refractivity contribution in [3.8, 4) is 11.1 Å². The van der Waals surface area contributed by atoms with Gasteiger partial charge in [0.05, 0.1) is 76.4 Å². The Morgan fingerprint density at radius 2 is 1.23 bits per heavy atom. The largest absolute Gasteiger partial charge is 0.486 e. The van der Waals surface area contributed by atoms with Gasteiger partial charge in [-0.1, -0.05) is 102 Å². The molecule has 0 spiro atoms. The molecule has 3 N–H and O–H groups in total. The second-order valence-corrected chi connectivity index (χ2v) is 26.6. The van der Waals surface area contributed by atoms with E-state index < -0.39 is 5.97 Å². The number of ether oxygens (including phenoxy) is 5. The number of nitrogens with one attached hydrogen (secondary N) is 2. The zero-order chi connectivity index (χ0) is 70.5. The molecule has 1 aromatic carbocycles. The van der Waals surface area contributed by atoms with E-state index in [2.05, 4.69) is 101 Å². The number of likely N-dealkylation sites (tertiary alicyclic amines) is 1. The molecule has 1 saturated carbocycles. The van der Waals surface area contributed by atoms with Gasteiger partial charge >= 0.3 is 25.3 Å². The molecule has 6 aliphatic heterocycles. The highest BCUT2D eigenvalue weighted by molar-refractivity contribution is 6.51. The summed E-state index contributed by atoms with van der Waals surface area (Å²) >= 11 is 34.2. The van der Waals surface area contributed by atoms with Gasteiger partial charge in [0.15, 0.2) is 0 Å². The molecule has 97 heavy (non-hydrogen) atoms. The van der Waals surface area contributed by atoms with Crippen LogP contribution in [0.15, 0.2) is 85.9 Å². The highest BCUT2D eigenvalue weighted by atomic mass is 35.5. The van der Waals surface area contributed by atoms with E-state index in [-0.39, 0.29) is 31.0 Å². The average Bonchev–Trinajstić information content (AvgIpc) is 1.72. The van der Waals surface area contributed by atoms with Gasteiger partial charge in [-0.25, -0.2) is 29.5 Å². The van der Waals surface area contributed by atoms with Crippen LogP contribution in [0.4, 0.5) is 27.9 Å². The summed E-state index contributed by atoms with van der Waals surface area (Å²) in [5.74, 6) is 4.97. The van der Waals surface area contributed by atoms with Crippen LogP contribution in [0.2, 0.25) is 30.5 Å².